The molecule has 8 nitrogen and oxygen atoms in total. The number of aryl methyl sites for hydroxylation is 2. The molecule has 39 heavy (non-hydrogen) atoms. The van der Waals surface area contributed by atoms with Crippen LogP contribution in [0.4, 0.5) is 11.4 Å². The molecule has 0 aliphatic carbocycles. The number of nitrogens with zero attached hydrogens (tertiary/aromatic N) is 4. The number of carbonyl (C=O) groups excluding carboxylic acids is 1. The molecule has 196 valence electrons. The molecule has 0 saturated carbocycles. The van der Waals surface area contributed by atoms with Gasteiger partial charge in [0.25, 0.3) is 5.91 Å². The molecule has 2 atom stereocenters. The number of tetrazole rings is 1. The number of hydrogen-bond acceptors (Lipinski definition) is 6. The number of rotatable bonds is 9. The lowest BCUT2D eigenvalue weighted by molar-refractivity contribution is 0.0810. The van der Waals surface area contributed by atoms with Crippen molar-refractivity contribution < 1.29 is 9.90 Å². The molecule has 3 N–H and O–H groups in total. The molecule has 0 fully saturated rings. The Hall–Kier alpha value is -4.82. The summed E-state index contributed by atoms with van der Waals surface area (Å²) >= 11 is 0. The SMILES string of the molecule is Cc1cccc(C)c1-n1nnnc1C(O)[C@H](Cc1ccccc1)NC(=O)c1ccccc1Nc1ccccc1. The van der Waals surface area contributed by atoms with Crippen LogP contribution in [0.5, 0.6) is 0 Å². The first-order chi connectivity index (χ1) is 19.0. The number of anilines is 2. The second-order valence-electron chi connectivity index (χ2n) is 9.44. The van der Waals surface area contributed by atoms with Crippen LogP contribution < -0.4 is 10.6 Å². The van der Waals surface area contributed by atoms with Crippen LogP contribution in [0, 0.1) is 13.8 Å². The number of amides is 1. The number of carbonyl (C=O) groups is 1. The molecule has 0 aliphatic heterocycles. The molecule has 4 aromatic carbocycles. The third-order valence-electron chi connectivity index (χ3n) is 6.63. The average Bonchev–Trinajstić information content (AvgIpc) is 3.43. The minimum atomic E-state index is -1.18. The molecule has 0 radical (unpaired) electrons. The van der Waals surface area contributed by atoms with Gasteiger partial charge in [-0.3, -0.25) is 4.79 Å². The van der Waals surface area contributed by atoms with E-state index in [1.54, 1.807) is 10.7 Å². The smallest absolute Gasteiger partial charge is 0.253 e. The van der Waals surface area contributed by atoms with Crippen molar-refractivity contribution in [1.29, 1.82) is 0 Å². The zero-order valence-electron chi connectivity index (χ0n) is 21.8. The zero-order chi connectivity index (χ0) is 27.2. The number of nitrogens with one attached hydrogen (secondary N) is 2. The molecule has 1 aromatic heterocycles. The van der Waals surface area contributed by atoms with Crippen LogP contribution in [-0.4, -0.2) is 37.3 Å². The summed E-state index contributed by atoms with van der Waals surface area (Å²) in [6, 6.07) is 31.9. The predicted molar refractivity (Wildman–Crippen MR) is 151 cm³/mol. The summed E-state index contributed by atoms with van der Waals surface area (Å²) in [5, 5.41) is 30.3. The van der Waals surface area contributed by atoms with E-state index in [0.29, 0.717) is 17.7 Å². The molecular formula is C31H30N6O2. The zero-order valence-corrected chi connectivity index (χ0v) is 21.8. The Bertz CT molecular complexity index is 1530. The molecule has 5 aromatic rings. The standard InChI is InChI=1S/C31H30N6O2/c1-21-12-11-13-22(2)28(21)37-30(34-35-36-37)29(38)27(20-23-14-5-3-6-15-23)33-31(39)25-18-9-10-19-26(25)32-24-16-7-4-8-17-24/h3-19,27,29,32,38H,20H2,1-2H3,(H,33,39)/t27-,29?/m0/s1. The van der Waals surface area contributed by atoms with Gasteiger partial charge >= 0.3 is 0 Å². The summed E-state index contributed by atoms with van der Waals surface area (Å²) in [5.41, 5.74) is 5.70. The van der Waals surface area contributed by atoms with E-state index < -0.39 is 12.1 Å². The van der Waals surface area contributed by atoms with Crippen LogP contribution in [0.15, 0.2) is 103 Å². The van der Waals surface area contributed by atoms with Gasteiger partial charge in [-0.2, -0.15) is 4.68 Å². The minimum Gasteiger partial charge on any atom is -0.383 e. The van der Waals surface area contributed by atoms with Crippen molar-refractivity contribution in [2.75, 3.05) is 5.32 Å². The van der Waals surface area contributed by atoms with E-state index in [1.165, 1.54) is 0 Å². The maximum absolute atomic E-state index is 13.7. The first-order valence-electron chi connectivity index (χ1n) is 12.8. The first kappa shape index (κ1) is 25.8. The Balaban J connectivity index is 1.47. The second kappa shape index (κ2) is 11.7. The fourth-order valence-corrected chi connectivity index (χ4v) is 4.68. The lowest BCUT2D eigenvalue weighted by atomic mass is 9.99. The van der Waals surface area contributed by atoms with Crippen molar-refractivity contribution in [3.63, 3.8) is 0 Å². The van der Waals surface area contributed by atoms with E-state index in [1.807, 2.05) is 111 Å². The highest BCUT2D eigenvalue weighted by atomic mass is 16.3. The molecule has 1 unspecified atom stereocenters. The summed E-state index contributed by atoms with van der Waals surface area (Å²) < 4.78 is 1.56. The quantitative estimate of drug-likeness (QED) is 0.251. The third kappa shape index (κ3) is 5.86. The van der Waals surface area contributed by atoms with Gasteiger partial charge in [-0.25, -0.2) is 0 Å². The molecule has 1 heterocycles. The van der Waals surface area contributed by atoms with Gasteiger partial charge in [-0.15, -0.1) is 5.10 Å². The van der Waals surface area contributed by atoms with Gasteiger partial charge in [0.05, 0.1) is 23.0 Å². The van der Waals surface area contributed by atoms with Gasteiger partial charge in [0.1, 0.15) is 6.10 Å². The highest BCUT2D eigenvalue weighted by Crippen LogP contribution is 2.26. The maximum Gasteiger partial charge on any atom is 0.253 e. The average molecular weight is 519 g/mol. The van der Waals surface area contributed by atoms with Crippen molar-refractivity contribution in [3.05, 3.63) is 131 Å². The van der Waals surface area contributed by atoms with Crippen molar-refractivity contribution in [1.82, 2.24) is 25.5 Å². The number of para-hydroxylation sites is 3. The van der Waals surface area contributed by atoms with Crippen molar-refractivity contribution >= 4 is 17.3 Å². The van der Waals surface area contributed by atoms with Gasteiger partial charge in [0, 0.05) is 5.69 Å². The Labute approximate surface area is 227 Å². The van der Waals surface area contributed by atoms with Crippen LogP contribution in [0.2, 0.25) is 0 Å². The molecule has 0 saturated heterocycles. The number of aromatic nitrogens is 4. The van der Waals surface area contributed by atoms with E-state index >= 15 is 0 Å². The molecule has 5 rings (SSSR count). The van der Waals surface area contributed by atoms with Crippen molar-refractivity contribution in [2.45, 2.75) is 32.4 Å². The lowest BCUT2D eigenvalue weighted by Gasteiger charge is -2.25. The Morgan fingerprint density at radius 2 is 1.49 bits per heavy atom. The lowest BCUT2D eigenvalue weighted by Crippen LogP contribution is -2.42. The molecule has 0 spiro atoms. The van der Waals surface area contributed by atoms with E-state index in [-0.39, 0.29) is 11.7 Å². The second-order valence-corrected chi connectivity index (χ2v) is 9.44. The predicted octanol–water partition coefficient (Wildman–Crippen LogP) is 5.10. The Morgan fingerprint density at radius 3 is 2.21 bits per heavy atom. The fourth-order valence-electron chi connectivity index (χ4n) is 4.68. The van der Waals surface area contributed by atoms with E-state index in [4.69, 9.17) is 0 Å². The first-order valence-corrected chi connectivity index (χ1v) is 12.8. The molecular weight excluding hydrogens is 488 g/mol. The van der Waals surface area contributed by atoms with Gasteiger partial charge < -0.3 is 15.7 Å². The Kier molecular flexibility index (Phi) is 7.75. The minimum absolute atomic E-state index is 0.254. The van der Waals surface area contributed by atoms with Crippen molar-refractivity contribution in [3.8, 4) is 5.69 Å². The normalized spacial score (nSPS) is 12.5. The number of benzene rings is 4. The molecule has 0 aliphatic rings. The summed E-state index contributed by atoms with van der Waals surface area (Å²) in [5.74, 6) is -0.0653. The van der Waals surface area contributed by atoms with Gasteiger partial charge in [0.2, 0.25) is 0 Å². The largest absolute Gasteiger partial charge is 0.383 e. The maximum atomic E-state index is 13.7. The number of hydrogen-bond donors (Lipinski definition) is 3. The monoisotopic (exact) mass is 518 g/mol. The summed E-state index contributed by atoms with van der Waals surface area (Å²) in [4.78, 5) is 13.7. The number of aliphatic hydroxyl groups is 1. The van der Waals surface area contributed by atoms with Gasteiger partial charge in [0.15, 0.2) is 5.82 Å². The highest BCUT2D eigenvalue weighted by molar-refractivity contribution is 6.00. The molecule has 0 bridgehead atoms. The summed E-state index contributed by atoms with van der Waals surface area (Å²) in [7, 11) is 0. The van der Waals surface area contributed by atoms with E-state index in [0.717, 1.165) is 28.1 Å². The van der Waals surface area contributed by atoms with Crippen LogP contribution in [0.1, 0.15) is 39.0 Å². The van der Waals surface area contributed by atoms with Gasteiger partial charge in [-0.05, 0) is 71.7 Å². The van der Waals surface area contributed by atoms with Crippen LogP contribution in [0.25, 0.3) is 5.69 Å². The van der Waals surface area contributed by atoms with E-state index in [9.17, 15) is 9.90 Å². The fraction of sp³-hybridized carbons (Fsp3) is 0.161. The van der Waals surface area contributed by atoms with Crippen molar-refractivity contribution in [2.24, 2.45) is 0 Å². The molecule has 8 heteroatoms. The summed E-state index contributed by atoms with van der Waals surface area (Å²) in [6.45, 7) is 3.94. The topological polar surface area (TPSA) is 105 Å². The van der Waals surface area contributed by atoms with Crippen LogP contribution in [-0.2, 0) is 6.42 Å². The highest BCUT2D eigenvalue weighted by Gasteiger charge is 2.30. The van der Waals surface area contributed by atoms with Gasteiger partial charge in [-0.1, -0.05) is 78.9 Å². The third-order valence-corrected chi connectivity index (χ3v) is 6.63. The molecule has 1 amide bonds. The summed E-state index contributed by atoms with van der Waals surface area (Å²) in [6.07, 6.45) is -0.806. The number of aliphatic hydroxyl groups excluding tert-OH is 1. The van der Waals surface area contributed by atoms with E-state index in [2.05, 4.69) is 26.2 Å². The van der Waals surface area contributed by atoms with Crippen LogP contribution in [0.3, 0.4) is 0 Å². The Morgan fingerprint density at radius 1 is 0.846 bits per heavy atom. The van der Waals surface area contributed by atoms with Crippen LogP contribution >= 0.6 is 0 Å².